The van der Waals surface area contributed by atoms with Crippen molar-refractivity contribution in [2.45, 2.75) is 0 Å². The monoisotopic (exact) mass is 464 g/mol. The zero-order valence-corrected chi connectivity index (χ0v) is 18.5. The van der Waals surface area contributed by atoms with E-state index < -0.39 is 4.92 Å². The van der Waals surface area contributed by atoms with Crippen molar-refractivity contribution in [1.29, 1.82) is 0 Å². The molecule has 2 fully saturated rings. The Balaban J connectivity index is 1.34. The zero-order chi connectivity index (χ0) is 23.5. The van der Waals surface area contributed by atoms with Crippen LogP contribution in [0.25, 0.3) is 5.69 Å². The number of carbonyl (C=O) groups is 1. The molecule has 1 amide bonds. The molecule has 176 valence electrons. The summed E-state index contributed by atoms with van der Waals surface area (Å²) in [6, 6.07) is 14.1. The highest BCUT2D eigenvalue weighted by atomic mass is 16.6. The Morgan fingerprint density at radius 3 is 2.38 bits per heavy atom. The first-order valence-electron chi connectivity index (χ1n) is 11.1. The lowest BCUT2D eigenvalue weighted by Gasteiger charge is -2.36. The number of aromatic nitrogens is 4. The molecule has 0 spiro atoms. The minimum absolute atomic E-state index is 0.0963. The van der Waals surface area contributed by atoms with Gasteiger partial charge in [-0.1, -0.05) is 23.3 Å². The number of non-ortho nitro benzene ring substituents is 1. The van der Waals surface area contributed by atoms with Crippen LogP contribution in [-0.2, 0) is 4.74 Å². The van der Waals surface area contributed by atoms with Gasteiger partial charge in [-0.15, -0.1) is 0 Å². The maximum Gasteiger partial charge on any atom is 0.270 e. The van der Waals surface area contributed by atoms with Crippen molar-refractivity contribution in [3.63, 3.8) is 0 Å². The Labute approximate surface area is 195 Å². The highest BCUT2D eigenvalue weighted by Crippen LogP contribution is 2.28. The van der Waals surface area contributed by atoms with E-state index in [1.165, 1.54) is 12.1 Å². The molecule has 34 heavy (non-hydrogen) atoms. The predicted octanol–water partition coefficient (Wildman–Crippen LogP) is 1.37. The van der Waals surface area contributed by atoms with Crippen LogP contribution in [-0.4, -0.2) is 88.4 Å². The lowest BCUT2D eigenvalue weighted by Crippen LogP contribution is -2.50. The molecular weight excluding hydrogens is 440 g/mol. The van der Waals surface area contributed by atoms with Gasteiger partial charge in [0.2, 0.25) is 5.95 Å². The summed E-state index contributed by atoms with van der Waals surface area (Å²) in [5.41, 5.74) is 1.81. The van der Waals surface area contributed by atoms with Gasteiger partial charge >= 0.3 is 0 Å². The Hall–Kier alpha value is -4.06. The molecule has 0 saturated carbocycles. The second-order valence-electron chi connectivity index (χ2n) is 8.06. The number of nitrogens with zero attached hydrogens (tertiary/aromatic N) is 8. The van der Waals surface area contributed by atoms with Crippen molar-refractivity contribution in [2.24, 2.45) is 0 Å². The lowest BCUT2D eigenvalue weighted by atomic mass is 10.1. The van der Waals surface area contributed by atoms with Crippen LogP contribution in [0.2, 0.25) is 0 Å². The van der Waals surface area contributed by atoms with Gasteiger partial charge in [-0.3, -0.25) is 14.9 Å². The summed E-state index contributed by atoms with van der Waals surface area (Å²) >= 11 is 0. The molecule has 0 unspecified atom stereocenters. The number of anilines is 2. The van der Waals surface area contributed by atoms with Crippen molar-refractivity contribution < 1.29 is 14.5 Å². The van der Waals surface area contributed by atoms with E-state index in [4.69, 9.17) is 4.74 Å². The van der Waals surface area contributed by atoms with Crippen LogP contribution in [0, 0.1) is 10.1 Å². The van der Waals surface area contributed by atoms with Gasteiger partial charge in [0.25, 0.3) is 11.6 Å². The molecule has 12 nitrogen and oxygen atoms in total. The second kappa shape index (κ2) is 9.43. The SMILES string of the molecule is O=C(c1cc([N+](=O)[O-])ccc1N1CCOCC1)N1CCN(c2nnnn2-c2ccccc2)CC1. The number of ether oxygens (including phenoxy) is 1. The average Bonchev–Trinajstić information content (AvgIpc) is 3.39. The topological polar surface area (TPSA) is 123 Å². The number of nitro benzene ring substituents is 1. The van der Waals surface area contributed by atoms with E-state index in [2.05, 4.69) is 15.5 Å². The lowest BCUT2D eigenvalue weighted by molar-refractivity contribution is -0.384. The van der Waals surface area contributed by atoms with E-state index in [9.17, 15) is 14.9 Å². The highest BCUT2D eigenvalue weighted by Gasteiger charge is 2.29. The maximum atomic E-state index is 13.5. The Kier molecular flexibility index (Phi) is 6.04. The molecular formula is C22H24N8O4. The number of piperazine rings is 1. The number of rotatable bonds is 5. The molecule has 2 saturated heterocycles. The first kappa shape index (κ1) is 21.8. The van der Waals surface area contributed by atoms with Crippen LogP contribution < -0.4 is 9.80 Å². The van der Waals surface area contributed by atoms with E-state index in [0.29, 0.717) is 69.7 Å². The molecule has 2 aliphatic heterocycles. The van der Waals surface area contributed by atoms with Gasteiger partial charge in [0.1, 0.15) is 0 Å². The van der Waals surface area contributed by atoms with Crippen LogP contribution in [0.5, 0.6) is 0 Å². The third kappa shape index (κ3) is 4.27. The second-order valence-corrected chi connectivity index (χ2v) is 8.06. The quantitative estimate of drug-likeness (QED) is 0.407. The number of carbonyl (C=O) groups excluding carboxylic acids is 1. The number of hydrogen-bond donors (Lipinski definition) is 0. The average molecular weight is 464 g/mol. The molecule has 12 heteroatoms. The van der Waals surface area contributed by atoms with Crippen molar-refractivity contribution in [2.75, 3.05) is 62.3 Å². The summed E-state index contributed by atoms with van der Waals surface area (Å²) in [7, 11) is 0. The van der Waals surface area contributed by atoms with Crippen molar-refractivity contribution in [3.8, 4) is 5.69 Å². The number of morpholine rings is 1. The third-order valence-corrected chi connectivity index (χ3v) is 6.08. The number of tetrazole rings is 1. The fourth-order valence-corrected chi connectivity index (χ4v) is 4.28. The van der Waals surface area contributed by atoms with Crippen LogP contribution in [0.4, 0.5) is 17.3 Å². The smallest absolute Gasteiger partial charge is 0.270 e. The Morgan fingerprint density at radius 1 is 0.941 bits per heavy atom. The van der Waals surface area contributed by atoms with E-state index in [1.807, 2.05) is 40.1 Å². The van der Waals surface area contributed by atoms with E-state index >= 15 is 0 Å². The Morgan fingerprint density at radius 2 is 1.68 bits per heavy atom. The molecule has 0 aliphatic carbocycles. The van der Waals surface area contributed by atoms with Gasteiger partial charge in [0, 0.05) is 51.4 Å². The first-order chi connectivity index (χ1) is 16.6. The van der Waals surface area contributed by atoms with Crippen LogP contribution in [0.15, 0.2) is 48.5 Å². The summed E-state index contributed by atoms with van der Waals surface area (Å²) in [6.45, 7) is 4.36. The van der Waals surface area contributed by atoms with Crippen molar-refractivity contribution in [1.82, 2.24) is 25.1 Å². The summed E-state index contributed by atoms with van der Waals surface area (Å²) in [5.74, 6) is 0.398. The standard InChI is InChI=1S/C22H24N8O4/c31-21(19-16-18(30(32)33)6-7-20(19)26-12-14-34-15-13-26)27-8-10-28(11-9-27)22-23-24-25-29(22)17-4-2-1-3-5-17/h1-7,16H,8-15H2. The Bertz CT molecular complexity index is 1170. The van der Waals surface area contributed by atoms with Gasteiger partial charge in [0.15, 0.2) is 0 Å². The first-order valence-corrected chi connectivity index (χ1v) is 11.1. The van der Waals surface area contributed by atoms with E-state index in [1.54, 1.807) is 15.6 Å². The molecule has 0 radical (unpaired) electrons. The molecule has 5 rings (SSSR count). The van der Waals surface area contributed by atoms with E-state index in [-0.39, 0.29) is 11.6 Å². The summed E-state index contributed by atoms with van der Waals surface area (Å²) in [6.07, 6.45) is 0. The third-order valence-electron chi connectivity index (χ3n) is 6.08. The summed E-state index contributed by atoms with van der Waals surface area (Å²) < 4.78 is 7.09. The van der Waals surface area contributed by atoms with Gasteiger partial charge in [-0.2, -0.15) is 4.68 Å². The van der Waals surface area contributed by atoms with Crippen LogP contribution in [0.1, 0.15) is 10.4 Å². The van der Waals surface area contributed by atoms with Gasteiger partial charge in [-0.05, 0) is 28.6 Å². The van der Waals surface area contributed by atoms with Crippen LogP contribution in [0.3, 0.4) is 0 Å². The van der Waals surface area contributed by atoms with Crippen LogP contribution >= 0.6 is 0 Å². The molecule has 2 aromatic carbocycles. The molecule has 0 atom stereocenters. The fraction of sp³-hybridized carbons (Fsp3) is 0.364. The summed E-state index contributed by atoms with van der Waals surface area (Å²) in [5, 5.41) is 23.5. The molecule has 0 bridgehead atoms. The number of para-hydroxylation sites is 1. The highest BCUT2D eigenvalue weighted by molar-refractivity contribution is 6.00. The molecule has 2 aliphatic rings. The molecule has 0 N–H and O–H groups in total. The number of nitro groups is 1. The number of benzene rings is 2. The minimum Gasteiger partial charge on any atom is -0.378 e. The van der Waals surface area contributed by atoms with Gasteiger partial charge < -0.3 is 19.4 Å². The summed E-state index contributed by atoms with van der Waals surface area (Å²) in [4.78, 5) is 30.2. The molecule has 3 aromatic rings. The zero-order valence-electron chi connectivity index (χ0n) is 18.5. The van der Waals surface area contributed by atoms with Gasteiger partial charge in [0.05, 0.1) is 35.1 Å². The van der Waals surface area contributed by atoms with E-state index in [0.717, 1.165) is 5.69 Å². The number of amides is 1. The number of hydrogen-bond acceptors (Lipinski definition) is 9. The maximum absolute atomic E-state index is 13.5. The van der Waals surface area contributed by atoms with Gasteiger partial charge in [-0.25, -0.2) is 0 Å². The van der Waals surface area contributed by atoms with Crippen molar-refractivity contribution >= 4 is 23.2 Å². The molecule has 3 heterocycles. The normalized spacial score (nSPS) is 16.5. The predicted molar refractivity (Wildman–Crippen MR) is 123 cm³/mol. The molecule has 1 aromatic heterocycles. The minimum atomic E-state index is -0.471. The fourth-order valence-electron chi connectivity index (χ4n) is 4.28. The largest absolute Gasteiger partial charge is 0.378 e. The van der Waals surface area contributed by atoms with Crippen molar-refractivity contribution in [3.05, 3.63) is 64.2 Å².